The van der Waals surface area contributed by atoms with Gasteiger partial charge >= 0.3 is 11.9 Å². The summed E-state index contributed by atoms with van der Waals surface area (Å²) in [7, 11) is 0. The average Bonchev–Trinajstić information content (AvgIpc) is 4.25. The summed E-state index contributed by atoms with van der Waals surface area (Å²) in [5.74, 6) is -11.4. The van der Waals surface area contributed by atoms with Gasteiger partial charge in [0.1, 0.15) is 66.5 Å². The molecule has 0 aromatic heterocycles. The van der Waals surface area contributed by atoms with Gasteiger partial charge in [0.25, 0.3) is 0 Å². The molecule has 4 aliphatic heterocycles. The van der Waals surface area contributed by atoms with E-state index in [0.717, 1.165) is 0 Å². The van der Waals surface area contributed by atoms with Crippen LogP contribution in [0.4, 0.5) is 0 Å². The molecule has 12 N–H and O–H groups in total. The molecule has 0 saturated carbocycles. The van der Waals surface area contributed by atoms with Crippen molar-refractivity contribution in [2.24, 2.45) is 17.6 Å². The highest BCUT2D eigenvalue weighted by Gasteiger charge is 2.43. The van der Waals surface area contributed by atoms with Crippen LogP contribution in [0.1, 0.15) is 120 Å². The monoisotopic (exact) mass is 1130 g/mol. The molecule has 0 aromatic carbocycles. The van der Waals surface area contributed by atoms with E-state index in [1.807, 2.05) is 0 Å². The molecule has 0 unspecified atom stereocenters. The molecule has 12 atom stereocenters. The van der Waals surface area contributed by atoms with Crippen LogP contribution in [0.15, 0.2) is 0 Å². The maximum Gasteiger partial charge on any atom is 0.326 e. The van der Waals surface area contributed by atoms with Crippen LogP contribution in [0.3, 0.4) is 0 Å². The molecule has 80 heavy (non-hydrogen) atoms. The molecule has 0 spiro atoms. The number of carbonyl (C=O) groups excluding carboxylic acids is 12. The Hall–Kier alpha value is -7.46. The van der Waals surface area contributed by atoms with Gasteiger partial charge in [0, 0.05) is 26.2 Å². The lowest BCUT2D eigenvalue weighted by Crippen LogP contribution is -2.59. The zero-order valence-electron chi connectivity index (χ0n) is 47.0. The van der Waals surface area contributed by atoms with E-state index in [0.29, 0.717) is 32.1 Å². The first-order chi connectivity index (χ1) is 37.5. The molecule has 0 bridgehead atoms. The van der Waals surface area contributed by atoms with E-state index < -0.39 is 180 Å². The van der Waals surface area contributed by atoms with E-state index in [4.69, 9.17) is 10.8 Å². The number of amides is 12. The minimum atomic E-state index is -1.40. The number of aliphatic carboxylic acids is 2. The predicted octanol–water partition coefficient (Wildman–Crippen LogP) is -4.24. The first-order valence-corrected chi connectivity index (χ1v) is 27.3. The predicted molar refractivity (Wildman–Crippen MR) is 281 cm³/mol. The standard InChI is InChI=1S/C51H81N13O16/c1-24(2)38(50(78)64-21-13-17-35(64)47(75)60-39(25(3)4)51(79)80)59-42(70)28(7)56-44(72)32-14-10-18-61(32)36(65)23-53-40(68)26(5)54-45(73)33-15-11-19-62(33)48(76)29(8)57-41(69)27(6)55-46(74)34-16-12-20-63(34)49(77)30(9)58-43(71)31(52)22-37(66)67/h24-35,38-39H,10-23,52H2,1-9H3,(H,53,68)(H,54,73)(H,55,74)(H,56,72)(H,57,69)(H,58,71)(H,59,70)(H,60,75)(H,66,67)(H,79,80)/t26-,27-,28-,29+,30+,31-,32+,33+,34+,35+,38+,39-/m1/s1. The lowest BCUT2D eigenvalue weighted by molar-refractivity contribution is -0.146. The Labute approximate surface area is 464 Å². The fourth-order valence-electron chi connectivity index (χ4n) is 10.1. The molecule has 12 amide bonds. The third-order valence-electron chi connectivity index (χ3n) is 14.7. The van der Waals surface area contributed by atoms with Gasteiger partial charge in [-0.1, -0.05) is 27.7 Å². The summed E-state index contributed by atoms with van der Waals surface area (Å²) >= 11 is 0. The van der Waals surface area contributed by atoms with Crippen LogP contribution in [-0.4, -0.2) is 218 Å². The van der Waals surface area contributed by atoms with Crippen LogP contribution in [0.5, 0.6) is 0 Å². The van der Waals surface area contributed by atoms with E-state index in [2.05, 4.69) is 42.5 Å². The Balaban J connectivity index is 1.23. The van der Waals surface area contributed by atoms with Crippen molar-refractivity contribution in [3.8, 4) is 0 Å². The van der Waals surface area contributed by atoms with Gasteiger partial charge in [0.05, 0.1) is 19.0 Å². The zero-order valence-corrected chi connectivity index (χ0v) is 47.0. The number of likely N-dealkylation sites (tertiary alicyclic amines) is 4. The molecule has 4 aliphatic rings. The van der Waals surface area contributed by atoms with E-state index in [-0.39, 0.29) is 45.4 Å². The van der Waals surface area contributed by atoms with Crippen LogP contribution in [0, 0.1) is 11.8 Å². The maximum atomic E-state index is 13.8. The van der Waals surface area contributed by atoms with E-state index >= 15 is 0 Å². The molecule has 0 radical (unpaired) electrons. The normalized spacial score (nSPS) is 21.9. The second-order valence-electron chi connectivity index (χ2n) is 21.7. The summed E-state index contributed by atoms with van der Waals surface area (Å²) in [4.78, 5) is 188. The second-order valence-corrected chi connectivity index (χ2v) is 21.7. The van der Waals surface area contributed by atoms with Crippen molar-refractivity contribution in [3.63, 3.8) is 0 Å². The maximum absolute atomic E-state index is 13.8. The smallest absolute Gasteiger partial charge is 0.326 e. The van der Waals surface area contributed by atoms with Crippen molar-refractivity contribution < 1.29 is 77.3 Å². The van der Waals surface area contributed by atoms with E-state index in [9.17, 15) is 72.2 Å². The van der Waals surface area contributed by atoms with Crippen LogP contribution in [0.25, 0.3) is 0 Å². The van der Waals surface area contributed by atoms with Gasteiger partial charge < -0.3 is 78.1 Å². The quantitative estimate of drug-likeness (QED) is 0.0413. The van der Waals surface area contributed by atoms with Gasteiger partial charge in [-0.05, 0) is 97.8 Å². The second kappa shape index (κ2) is 29.1. The minimum Gasteiger partial charge on any atom is -0.481 e. The molecule has 4 saturated heterocycles. The van der Waals surface area contributed by atoms with E-state index in [1.165, 1.54) is 54.2 Å². The number of nitrogens with one attached hydrogen (secondary N) is 8. The number of rotatable bonds is 25. The Bertz CT molecular complexity index is 2390. The highest BCUT2D eigenvalue weighted by Crippen LogP contribution is 2.24. The number of carboxylic acid groups (broad SMARTS) is 2. The average molecular weight is 1130 g/mol. The lowest BCUT2D eigenvalue weighted by atomic mass is 10.0. The summed E-state index contributed by atoms with van der Waals surface area (Å²) in [5, 5.41) is 38.8. The molecule has 446 valence electrons. The van der Waals surface area contributed by atoms with E-state index in [1.54, 1.807) is 27.7 Å². The van der Waals surface area contributed by atoms with Gasteiger partial charge in [0.15, 0.2) is 0 Å². The molecular weight excluding hydrogens is 1050 g/mol. The first-order valence-electron chi connectivity index (χ1n) is 27.3. The van der Waals surface area contributed by atoms with Gasteiger partial charge in [-0.3, -0.25) is 62.3 Å². The Morgan fingerprint density at radius 3 is 1.18 bits per heavy atom. The van der Waals surface area contributed by atoms with Crippen molar-refractivity contribution >= 4 is 82.8 Å². The fourth-order valence-corrected chi connectivity index (χ4v) is 10.1. The molecule has 29 nitrogen and oxygen atoms in total. The van der Waals surface area contributed by atoms with Gasteiger partial charge in [-0.25, -0.2) is 4.79 Å². The molecule has 0 aliphatic carbocycles. The molecule has 29 heteroatoms. The van der Waals surface area contributed by atoms with Crippen LogP contribution >= 0.6 is 0 Å². The highest BCUT2D eigenvalue weighted by molar-refractivity contribution is 5.99. The summed E-state index contributed by atoms with van der Waals surface area (Å²) in [6, 6.07) is -13.5. The van der Waals surface area contributed by atoms with Crippen molar-refractivity contribution in [1.29, 1.82) is 0 Å². The van der Waals surface area contributed by atoms with Crippen molar-refractivity contribution in [1.82, 2.24) is 62.1 Å². The van der Waals surface area contributed by atoms with Crippen molar-refractivity contribution in [2.75, 3.05) is 32.7 Å². The summed E-state index contributed by atoms with van der Waals surface area (Å²) in [6.07, 6.45) is 2.15. The molecule has 4 rings (SSSR count). The first kappa shape index (κ1) is 65.1. The lowest BCUT2D eigenvalue weighted by Gasteiger charge is -2.32. The van der Waals surface area contributed by atoms with Crippen LogP contribution in [0.2, 0.25) is 0 Å². The van der Waals surface area contributed by atoms with Crippen molar-refractivity contribution in [2.45, 2.75) is 193 Å². The summed E-state index contributed by atoms with van der Waals surface area (Å²) < 4.78 is 0. The van der Waals surface area contributed by atoms with Crippen molar-refractivity contribution in [3.05, 3.63) is 0 Å². The summed E-state index contributed by atoms with van der Waals surface area (Å²) in [6.45, 7) is 13.8. The van der Waals surface area contributed by atoms with Gasteiger partial charge in [0.2, 0.25) is 70.9 Å². The third kappa shape index (κ3) is 17.0. The zero-order chi connectivity index (χ0) is 60.0. The number of carbonyl (C=O) groups is 14. The Kier molecular flexibility index (Phi) is 23.7. The van der Waals surface area contributed by atoms with Crippen LogP contribution < -0.4 is 48.3 Å². The molecule has 4 fully saturated rings. The Morgan fingerprint density at radius 1 is 0.425 bits per heavy atom. The molecule has 0 aromatic rings. The highest BCUT2D eigenvalue weighted by atomic mass is 16.4. The summed E-state index contributed by atoms with van der Waals surface area (Å²) in [5.41, 5.74) is 5.59. The number of carboxylic acids is 2. The van der Waals surface area contributed by atoms with Crippen LogP contribution in [-0.2, 0) is 67.1 Å². The van der Waals surface area contributed by atoms with Gasteiger partial charge in [-0.2, -0.15) is 0 Å². The number of hydrogen-bond acceptors (Lipinski definition) is 15. The number of hydrogen-bond donors (Lipinski definition) is 11. The third-order valence-corrected chi connectivity index (χ3v) is 14.7. The minimum absolute atomic E-state index is 0.152. The number of nitrogens with zero attached hydrogens (tertiary/aromatic N) is 4. The largest absolute Gasteiger partial charge is 0.481 e. The molecular formula is C51H81N13O16. The number of nitrogens with two attached hydrogens (primary N) is 1. The fraction of sp³-hybridized carbons (Fsp3) is 0.725. The molecule has 4 heterocycles. The Morgan fingerprint density at radius 2 is 0.775 bits per heavy atom. The topological polar surface area (TPSA) is 415 Å². The SMILES string of the molecule is CC(C)[C@H](NC(=O)[C@@H](C)NC(=O)[C@@H]1CCCN1C(=O)CNC(=O)[C@@H](C)NC(=O)[C@@H]1CCCN1C(=O)[C@H](C)NC(=O)[C@@H](C)NC(=O)[C@@H]1CCCN1C(=O)[C@H](C)NC(=O)[C@H](N)CC(=O)O)C(=O)N1CCC[C@H]1C(=O)N[C@@H](C(=O)O)C(C)C. The van der Waals surface area contributed by atoms with Gasteiger partial charge in [-0.15, -0.1) is 0 Å².